The fourth-order valence-electron chi connectivity index (χ4n) is 3.49. The Bertz CT molecular complexity index is 619. The predicted molar refractivity (Wildman–Crippen MR) is 81.9 cm³/mol. The number of rotatable bonds is 2. The zero-order valence-electron chi connectivity index (χ0n) is 12.5. The van der Waals surface area contributed by atoms with Crippen molar-refractivity contribution in [3.8, 4) is 5.75 Å². The summed E-state index contributed by atoms with van der Waals surface area (Å²) in [5.41, 5.74) is 8.24. The van der Waals surface area contributed by atoms with E-state index in [0.29, 0.717) is 17.9 Å². The van der Waals surface area contributed by atoms with Gasteiger partial charge in [0.25, 0.3) is 0 Å². The van der Waals surface area contributed by atoms with E-state index in [4.69, 9.17) is 10.5 Å². The maximum atomic E-state index is 6.19. The van der Waals surface area contributed by atoms with Crippen molar-refractivity contribution >= 4 is 17.0 Å². The van der Waals surface area contributed by atoms with Gasteiger partial charge < -0.3 is 15.0 Å². The lowest BCUT2D eigenvalue weighted by molar-refractivity contribution is 0.191. The number of hydrogen-bond acceptors (Lipinski definition) is 3. The molecule has 1 aromatic carbocycles. The third-order valence-corrected chi connectivity index (χ3v) is 4.92. The molecule has 0 bridgehead atoms. The summed E-state index contributed by atoms with van der Waals surface area (Å²) in [4.78, 5) is 4.51. The quantitative estimate of drug-likeness (QED) is 0.909. The van der Waals surface area contributed by atoms with Crippen LogP contribution in [-0.2, 0) is 0 Å². The van der Waals surface area contributed by atoms with Crippen LogP contribution in [0.5, 0.6) is 5.75 Å². The highest BCUT2D eigenvalue weighted by Gasteiger charge is 2.30. The molecule has 1 fully saturated rings. The summed E-state index contributed by atoms with van der Waals surface area (Å²) in [5.74, 6) is 2.83. The minimum absolute atomic E-state index is 0.441. The van der Waals surface area contributed by atoms with Crippen molar-refractivity contribution in [1.29, 1.82) is 0 Å². The van der Waals surface area contributed by atoms with Crippen molar-refractivity contribution in [2.24, 2.45) is 11.8 Å². The summed E-state index contributed by atoms with van der Waals surface area (Å²) < 4.78 is 7.56. The maximum Gasteiger partial charge on any atom is 0.201 e. The molecule has 1 aliphatic carbocycles. The van der Waals surface area contributed by atoms with E-state index in [1.54, 1.807) is 7.11 Å². The summed E-state index contributed by atoms with van der Waals surface area (Å²) in [7, 11) is 1.69. The van der Waals surface area contributed by atoms with Crippen LogP contribution in [0.25, 0.3) is 11.0 Å². The first-order chi connectivity index (χ1) is 9.61. The number of imidazole rings is 1. The van der Waals surface area contributed by atoms with Crippen LogP contribution < -0.4 is 10.5 Å². The number of nitrogens with zero attached hydrogens (tertiary/aromatic N) is 2. The Kier molecular flexibility index (Phi) is 3.32. The van der Waals surface area contributed by atoms with Gasteiger partial charge in [0.05, 0.1) is 18.1 Å². The van der Waals surface area contributed by atoms with Crippen LogP contribution in [0.2, 0.25) is 0 Å². The van der Waals surface area contributed by atoms with Gasteiger partial charge in [0.2, 0.25) is 5.95 Å². The molecule has 2 aromatic rings. The number of methoxy groups -OCH3 is 1. The molecule has 0 saturated heterocycles. The van der Waals surface area contributed by atoms with E-state index in [9.17, 15) is 0 Å². The second-order valence-corrected chi connectivity index (χ2v) is 6.03. The lowest BCUT2D eigenvalue weighted by atomic mass is 9.78. The highest BCUT2D eigenvalue weighted by atomic mass is 16.5. The molecule has 0 aliphatic heterocycles. The first-order valence-electron chi connectivity index (χ1n) is 7.43. The molecule has 0 radical (unpaired) electrons. The van der Waals surface area contributed by atoms with E-state index in [2.05, 4.69) is 23.4 Å². The summed E-state index contributed by atoms with van der Waals surface area (Å²) >= 11 is 0. The van der Waals surface area contributed by atoms with E-state index >= 15 is 0 Å². The highest BCUT2D eigenvalue weighted by molar-refractivity contribution is 5.80. The first kappa shape index (κ1) is 13.3. The molecule has 1 aromatic heterocycles. The molecule has 1 saturated carbocycles. The molecule has 1 aliphatic rings. The van der Waals surface area contributed by atoms with Gasteiger partial charge in [-0.1, -0.05) is 26.7 Å². The monoisotopic (exact) mass is 273 g/mol. The molecule has 3 atom stereocenters. The van der Waals surface area contributed by atoms with Crippen LogP contribution in [-0.4, -0.2) is 16.7 Å². The van der Waals surface area contributed by atoms with Gasteiger partial charge in [-0.3, -0.25) is 0 Å². The van der Waals surface area contributed by atoms with E-state index < -0.39 is 0 Å². The van der Waals surface area contributed by atoms with Gasteiger partial charge in [0, 0.05) is 12.1 Å². The number of hydrogen-bond donors (Lipinski definition) is 1. The molecule has 3 rings (SSSR count). The SMILES string of the molecule is COc1ccc2nc(N)n(C3CCCC(C)C3C)c2c1. The normalized spacial score (nSPS) is 26.9. The van der Waals surface area contributed by atoms with Crippen LogP contribution in [0.3, 0.4) is 0 Å². The van der Waals surface area contributed by atoms with E-state index in [-0.39, 0.29) is 0 Å². The first-order valence-corrected chi connectivity index (χ1v) is 7.43. The molecule has 2 N–H and O–H groups in total. The van der Waals surface area contributed by atoms with Gasteiger partial charge in [-0.05, 0) is 30.4 Å². The van der Waals surface area contributed by atoms with Crippen molar-refractivity contribution in [2.75, 3.05) is 12.8 Å². The van der Waals surface area contributed by atoms with Gasteiger partial charge in [-0.2, -0.15) is 0 Å². The summed E-state index contributed by atoms with van der Waals surface area (Å²) in [5, 5.41) is 0. The van der Waals surface area contributed by atoms with Gasteiger partial charge >= 0.3 is 0 Å². The largest absolute Gasteiger partial charge is 0.497 e. The van der Waals surface area contributed by atoms with Crippen molar-refractivity contribution in [3.63, 3.8) is 0 Å². The van der Waals surface area contributed by atoms with Gasteiger partial charge in [0.15, 0.2) is 0 Å². The fourth-order valence-corrected chi connectivity index (χ4v) is 3.49. The Morgan fingerprint density at radius 3 is 2.85 bits per heavy atom. The molecule has 0 spiro atoms. The number of fused-ring (bicyclic) bond motifs is 1. The second kappa shape index (κ2) is 5.00. The number of ether oxygens (including phenoxy) is 1. The lowest BCUT2D eigenvalue weighted by Crippen LogP contribution is -2.27. The summed E-state index contributed by atoms with van der Waals surface area (Å²) in [6, 6.07) is 6.41. The van der Waals surface area contributed by atoms with Gasteiger partial charge in [0.1, 0.15) is 5.75 Å². The molecule has 1 heterocycles. The fraction of sp³-hybridized carbons (Fsp3) is 0.562. The minimum Gasteiger partial charge on any atom is -0.497 e. The average molecular weight is 273 g/mol. The number of aromatic nitrogens is 2. The van der Waals surface area contributed by atoms with Crippen LogP contribution in [0.15, 0.2) is 18.2 Å². The van der Waals surface area contributed by atoms with E-state index in [1.807, 2.05) is 18.2 Å². The Labute approximate surface area is 119 Å². The number of nitrogen functional groups attached to an aromatic ring is 1. The van der Waals surface area contributed by atoms with Crippen molar-refractivity contribution < 1.29 is 4.74 Å². The Morgan fingerprint density at radius 1 is 1.30 bits per heavy atom. The number of anilines is 1. The van der Waals surface area contributed by atoms with Crippen molar-refractivity contribution in [2.45, 2.75) is 39.2 Å². The zero-order chi connectivity index (χ0) is 14.3. The van der Waals surface area contributed by atoms with E-state index in [1.165, 1.54) is 19.3 Å². The summed E-state index contributed by atoms with van der Waals surface area (Å²) in [6.45, 7) is 4.67. The average Bonchev–Trinajstić information content (AvgIpc) is 2.77. The van der Waals surface area contributed by atoms with Crippen LogP contribution in [0.4, 0.5) is 5.95 Å². The van der Waals surface area contributed by atoms with Crippen LogP contribution in [0.1, 0.15) is 39.2 Å². The van der Waals surface area contributed by atoms with Gasteiger partial charge in [-0.25, -0.2) is 4.98 Å². The molecule has 108 valence electrons. The standard InChI is InChI=1S/C16H23N3O/c1-10-5-4-6-14(11(10)2)19-15-9-12(20-3)7-8-13(15)18-16(19)17/h7-11,14H,4-6H2,1-3H3,(H2,17,18). The Balaban J connectivity index is 2.11. The number of nitrogens with two attached hydrogens (primary N) is 1. The summed E-state index contributed by atoms with van der Waals surface area (Å²) in [6.07, 6.45) is 3.76. The molecular weight excluding hydrogens is 250 g/mol. The topological polar surface area (TPSA) is 53.1 Å². The van der Waals surface area contributed by atoms with Gasteiger partial charge in [-0.15, -0.1) is 0 Å². The lowest BCUT2D eigenvalue weighted by Gasteiger charge is -2.35. The third kappa shape index (κ3) is 2.03. The van der Waals surface area contributed by atoms with Crippen molar-refractivity contribution in [1.82, 2.24) is 9.55 Å². The zero-order valence-corrected chi connectivity index (χ0v) is 12.5. The van der Waals surface area contributed by atoms with Crippen molar-refractivity contribution in [3.05, 3.63) is 18.2 Å². The maximum absolute atomic E-state index is 6.19. The Morgan fingerprint density at radius 2 is 2.10 bits per heavy atom. The van der Waals surface area contributed by atoms with Crippen LogP contribution >= 0.6 is 0 Å². The molecule has 4 nitrogen and oxygen atoms in total. The molecule has 20 heavy (non-hydrogen) atoms. The highest BCUT2D eigenvalue weighted by Crippen LogP contribution is 2.40. The third-order valence-electron chi connectivity index (χ3n) is 4.92. The Hall–Kier alpha value is -1.71. The molecule has 0 amide bonds. The number of benzene rings is 1. The predicted octanol–water partition coefficient (Wildman–Crippen LogP) is 3.62. The molecular formula is C16H23N3O. The molecule has 3 unspecified atom stereocenters. The molecule has 4 heteroatoms. The second-order valence-electron chi connectivity index (χ2n) is 6.03. The minimum atomic E-state index is 0.441. The smallest absolute Gasteiger partial charge is 0.201 e. The van der Waals surface area contributed by atoms with Crippen LogP contribution in [0, 0.1) is 11.8 Å². The van der Waals surface area contributed by atoms with E-state index in [0.717, 1.165) is 22.7 Å².